The predicted molar refractivity (Wildman–Crippen MR) is 95.1 cm³/mol. The Kier molecular flexibility index (Phi) is 7.60. The molecule has 128 valence electrons. The normalized spacial score (nSPS) is 12.7. The fourth-order valence-electron chi connectivity index (χ4n) is 1.41. The lowest BCUT2D eigenvalue weighted by atomic mass is 10.3. The Balaban J connectivity index is 2.91. The number of hydrogen-bond acceptors (Lipinski definition) is 5. The fourth-order valence-corrected chi connectivity index (χ4v) is 2.10. The number of anilines is 1. The Morgan fingerprint density at radius 1 is 1.30 bits per heavy atom. The van der Waals surface area contributed by atoms with E-state index in [2.05, 4.69) is 30.6 Å². The molecule has 1 N–H and O–H groups in total. The maximum Gasteiger partial charge on any atom is 0.330 e. The molecule has 2 amide bonds. The number of nitrogens with one attached hydrogen (secondary N) is 1. The van der Waals surface area contributed by atoms with E-state index < -0.39 is 32.4 Å². The highest BCUT2D eigenvalue weighted by atomic mass is 35.6. The zero-order valence-electron chi connectivity index (χ0n) is 11.5. The van der Waals surface area contributed by atoms with Crippen LogP contribution in [0.2, 0.25) is 0 Å². The minimum absolute atomic E-state index is 0.0833. The second-order valence-corrected chi connectivity index (χ2v) is 8.03. The monoisotopic (exact) mass is 420 g/mol. The number of ether oxygens (including phenoxy) is 1. The third-order valence-corrected chi connectivity index (χ3v) is 3.49. The molecule has 0 spiro atoms. The van der Waals surface area contributed by atoms with Crippen LogP contribution in [0.3, 0.4) is 0 Å². The van der Waals surface area contributed by atoms with E-state index in [1.54, 1.807) is 0 Å². The molecule has 5 nitrogen and oxygen atoms in total. The SMILES string of the molecule is CN(C(=O)Nc1ccccc1F)C(OC(=O)C(S)S)C(Cl)(Cl)Cl. The van der Waals surface area contributed by atoms with Crippen LogP contribution in [0.15, 0.2) is 24.3 Å². The molecule has 11 heteroatoms. The van der Waals surface area contributed by atoms with Crippen molar-refractivity contribution in [3.8, 4) is 0 Å². The minimum Gasteiger partial charge on any atom is -0.435 e. The number of esters is 1. The molecular weight excluding hydrogens is 410 g/mol. The van der Waals surface area contributed by atoms with Crippen molar-refractivity contribution in [2.75, 3.05) is 12.4 Å². The Morgan fingerprint density at radius 3 is 2.35 bits per heavy atom. The Bertz CT molecular complexity index is 587. The number of benzene rings is 1. The average Bonchev–Trinajstić information content (AvgIpc) is 2.44. The van der Waals surface area contributed by atoms with E-state index in [1.807, 2.05) is 0 Å². The number of thiol groups is 2. The molecule has 0 saturated heterocycles. The lowest BCUT2D eigenvalue weighted by molar-refractivity contribution is -0.152. The summed E-state index contributed by atoms with van der Waals surface area (Å²) in [6.45, 7) is 0. The van der Waals surface area contributed by atoms with Crippen LogP contribution in [-0.4, -0.2) is 38.6 Å². The lowest BCUT2D eigenvalue weighted by Crippen LogP contribution is -2.50. The first-order valence-electron chi connectivity index (χ1n) is 5.95. The first-order valence-corrected chi connectivity index (χ1v) is 8.12. The number of carbonyl (C=O) groups excluding carboxylic acids is 2. The van der Waals surface area contributed by atoms with Gasteiger partial charge in [-0.1, -0.05) is 46.9 Å². The molecule has 1 unspecified atom stereocenters. The number of nitrogens with zero attached hydrogens (tertiary/aromatic N) is 1. The highest BCUT2D eigenvalue weighted by Gasteiger charge is 2.42. The van der Waals surface area contributed by atoms with Gasteiger partial charge in [0.15, 0.2) is 0 Å². The zero-order chi connectivity index (χ0) is 17.8. The van der Waals surface area contributed by atoms with Gasteiger partial charge in [-0.2, -0.15) is 25.3 Å². The van der Waals surface area contributed by atoms with Crippen molar-refractivity contribution in [2.24, 2.45) is 0 Å². The second-order valence-electron chi connectivity index (χ2n) is 4.23. The van der Waals surface area contributed by atoms with Gasteiger partial charge >= 0.3 is 12.0 Å². The number of para-hydroxylation sites is 1. The maximum absolute atomic E-state index is 13.5. The molecule has 0 heterocycles. The summed E-state index contributed by atoms with van der Waals surface area (Å²) in [5.41, 5.74) is -0.0833. The molecule has 0 fully saturated rings. The van der Waals surface area contributed by atoms with Crippen LogP contribution in [-0.2, 0) is 9.53 Å². The van der Waals surface area contributed by atoms with Gasteiger partial charge in [0.2, 0.25) is 10.0 Å². The molecule has 1 aromatic rings. The number of amides is 2. The van der Waals surface area contributed by atoms with Gasteiger partial charge in [-0.15, -0.1) is 0 Å². The number of hydrogen-bond donors (Lipinski definition) is 3. The van der Waals surface area contributed by atoms with E-state index >= 15 is 0 Å². The first-order chi connectivity index (χ1) is 10.5. The van der Waals surface area contributed by atoms with Crippen LogP contribution in [0, 0.1) is 5.82 Å². The van der Waals surface area contributed by atoms with Crippen molar-refractivity contribution in [1.82, 2.24) is 4.90 Å². The largest absolute Gasteiger partial charge is 0.435 e. The van der Waals surface area contributed by atoms with Gasteiger partial charge in [0.25, 0.3) is 0 Å². The first kappa shape index (κ1) is 20.5. The van der Waals surface area contributed by atoms with Crippen molar-refractivity contribution >= 4 is 77.7 Å². The van der Waals surface area contributed by atoms with Gasteiger partial charge in [-0.05, 0) is 12.1 Å². The second kappa shape index (κ2) is 8.53. The number of halogens is 4. The van der Waals surface area contributed by atoms with Crippen molar-refractivity contribution in [3.05, 3.63) is 30.1 Å². The fraction of sp³-hybridized carbons (Fsp3) is 0.333. The summed E-state index contributed by atoms with van der Waals surface area (Å²) in [5, 5.41) is 2.27. The van der Waals surface area contributed by atoms with Gasteiger partial charge in [-0.3, -0.25) is 4.90 Å². The summed E-state index contributed by atoms with van der Waals surface area (Å²) in [5.74, 6) is -1.57. The third kappa shape index (κ3) is 6.11. The van der Waals surface area contributed by atoms with Crippen molar-refractivity contribution in [1.29, 1.82) is 0 Å². The standard InChI is InChI=1S/C12H12Cl3FN2O3S2/c1-18(10(12(13,14)15)21-8(19)9(22)23)11(20)17-7-5-3-2-4-6(7)16/h2-5,9-10,22-23H,1H3,(H,17,20). The summed E-state index contributed by atoms with van der Waals surface area (Å²) >= 11 is 24.7. The molecule has 0 aromatic heterocycles. The number of rotatable bonds is 4. The Morgan fingerprint density at radius 2 is 1.87 bits per heavy atom. The van der Waals surface area contributed by atoms with Crippen LogP contribution in [0.25, 0.3) is 0 Å². The quantitative estimate of drug-likeness (QED) is 0.301. The molecule has 0 aliphatic carbocycles. The third-order valence-electron chi connectivity index (χ3n) is 2.51. The van der Waals surface area contributed by atoms with Gasteiger partial charge in [0, 0.05) is 7.05 Å². The average molecular weight is 422 g/mol. The molecule has 1 rings (SSSR count). The van der Waals surface area contributed by atoms with E-state index in [9.17, 15) is 14.0 Å². The van der Waals surface area contributed by atoms with E-state index in [0.717, 1.165) is 11.0 Å². The van der Waals surface area contributed by atoms with Crippen LogP contribution in [0.4, 0.5) is 14.9 Å². The maximum atomic E-state index is 13.5. The van der Waals surface area contributed by atoms with E-state index in [1.165, 1.54) is 25.2 Å². The predicted octanol–water partition coefficient (Wildman–Crippen LogP) is 3.71. The van der Waals surface area contributed by atoms with E-state index in [-0.39, 0.29) is 5.69 Å². The van der Waals surface area contributed by atoms with Crippen LogP contribution < -0.4 is 5.32 Å². The smallest absolute Gasteiger partial charge is 0.330 e. The molecule has 0 radical (unpaired) electrons. The van der Waals surface area contributed by atoms with Crippen LogP contribution in [0.1, 0.15) is 0 Å². The molecule has 0 aliphatic rings. The van der Waals surface area contributed by atoms with Gasteiger partial charge in [0.1, 0.15) is 10.4 Å². The van der Waals surface area contributed by atoms with Crippen molar-refractivity contribution in [3.63, 3.8) is 0 Å². The Labute approximate surface area is 158 Å². The van der Waals surface area contributed by atoms with Gasteiger partial charge in [0.05, 0.1) is 5.69 Å². The van der Waals surface area contributed by atoms with Crippen molar-refractivity contribution < 1.29 is 18.7 Å². The molecule has 1 aromatic carbocycles. The number of carbonyl (C=O) groups is 2. The number of urea groups is 1. The molecular formula is C12H12Cl3FN2O3S2. The topological polar surface area (TPSA) is 58.6 Å². The summed E-state index contributed by atoms with van der Waals surface area (Å²) < 4.78 is 15.2. The van der Waals surface area contributed by atoms with Crippen LogP contribution in [0.5, 0.6) is 0 Å². The summed E-state index contributed by atoms with van der Waals surface area (Å²) in [6.07, 6.45) is -1.58. The number of alkyl halides is 3. The zero-order valence-corrected chi connectivity index (χ0v) is 15.6. The lowest BCUT2D eigenvalue weighted by Gasteiger charge is -2.32. The minimum atomic E-state index is -2.15. The summed E-state index contributed by atoms with van der Waals surface area (Å²) in [7, 11) is 1.21. The molecule has 0 saturated carbocycles. The van der Waals surface area contributed by atoms with Crippen LogP contribution >= 0.6 is 60.1 Å². The van der Waals surface area contributed by atoms with E-state index in [0.29, 0.717) is 0 Å². The molecule has 0 bridgehead atoms. The van der Waals surface area contributed by atoms with Gasteiger partial charge < -0.3 is 10.1 Å². The highest BCUT2D eigenvalue weighted by Crippen LogP contribution is 2.34. The summed E-state index contributed by atoms with van der Waals surface area (Å²) in [4.78, 5) is 24.5. The summed E-state index contributed by atoms with van der Waals surface area (Å²) in [6, 6.07) is 4.63. The Hall–Kier alpha value is -0.540. The molecule has 1 atom stereocenters. The van der Waals surface area contributed by atoms with Crippen molar-refractivity contribution in [2.45, 2.75) is 14.6 Å². The highest BCUT2D eigenvalue weighted by molar-refractivity contribution is 8.00. The van der Waals surface area contributed by atoms with E-state index in [4.69, 9.17) is 39.5 Å². The molecule has 0 aliphatic heterocycles. The molecule has 23 heavy (non-hydrogen) atoms. The van der Waals surface area contributed by atoms with Gasteiger partial charge in [-0.25, -0.2) is 14.0 Å².